The zero-order valence-electron chi connectivity index (χ0n) is 18.0. The highest BCUT2D eigenvalue weighted by Gasteiger charge is 2.17. The van der Waals surface area contributed by atoms with Crippen molar-refractivity contribution in [3.63, 3.8) is 0 Å². The van der Waals surface area contributed by atoms with Gasteiger partial charge in [0.15, 0.2) is 5.11 Å². The minimum atomic E-state index is -0.235. The molecule has 0 aliphatic rings. The molecule has 0 radical (unpaired) electrons. The molecule has 3 rings (SSSR count). The molecule has 0 aliphatic heterocycles. The molecule has 0 saturated heterocycles. The number of aliphatic hydroxyl groups excluding tert-OH is 1. The average molecular weight is 433 g/mol. The summed E-state index contributed by atoms with van der Waals surface area (Å²) < 4.78 is 0. The first kappa shape index (κ1) is 22.7. The Labute approximate surface area is 189 Å². The number of amides is 1. The fourth-order valence-corrected chi connectivity index (χ4v) is 3.79. The molecule has 1 amide bonds. The molecule has 31 heavy (non-hydrogen) atoms. The van der Waals surface area contributed by atoms with E-state index in [0.717, 1.165) is 28.8 Å². The lowest BCUT2D eigenvalue weighted by Gasteiger charge is -2.27. The van der Waals surface area contributed by atoms with Gasteiger partial charge in [0.05, 0.1) is 0 Å². The topological polar surface area (TPSA) is 52.6 Å². The van der Waals surface area contributed by atoms with Gasteiger partial charge in [-0.1, -0.05) is 60.2 Å². The van der Waals surface area contributed by atoms with Crippen LogP contribution in [0.4, 0.5) is 5.69 Å². The summed E-state index contributed by atoms with van der Waals surface area (Å²) >= 11 is 5.61. The summed E-state index contributed by atoms with van der Waals surface area (Å²) in [5.74, 6) is -0.235. The first-order chi connectivity index (χ1) is 15.0. The van der Waals surface area contributed by atoms with Crippen molar-refractivity contribution >= 4 is 28.9 Å². The maximum Gasteiger partial charge on any atom is 0.257 e. The maximum absolute atomic E-state index is 12.8. The summed E-state index contributed by atoms with van der Waals surface area (Å²) in [6.07, 6.45) is 1.45. The lowest BCUT2D eigenvalue weighted by Crippen LogP contribution is -2.43. The Balaban J connectivity index is 1.74. The van der Waals surface area contributed by atoms with Crippen molar-refractivity contribution in [2.45, 2.75) is 26.7 Å². The number of aryl methyl sites for hydroxylation is 2. The van der Waals surface area contributed by atoms with Gasteiger partial charge in [-0.3, -0.25) is 10.1 Å². The standard InChI is InChI=1S/C26H28N2O2S/c1-19-10-15-24(20(2)18-19)28(16-6-7-17-29)26(31)27-25(30)23-13-11-22(12-14-23)21-8-4-3-5-9-21/h3-5,8-15,18,29H,6-7,16-17H2,1-2H3,(H,27,30,31). The van der Waals surface area contributed by atoms with Gasteiger partial charge in [-0.25, -0.2) is 0 Å². The lowest BCUT2D eigenvalue weighted by atomic mass is 10.0. The predicted molar refractivity (Wildman–Crippen MR) is 132 cm³/mol. The van der Waals surface area contributed by atoms with E-state index in [1.807, 2.05) is 85.5 Å². The number of aliphatic hydroxyl groups is 1. The third-order valence-electron chi connectivity index (χ3n) is 5.15. The Morgan fingerprint density at radius 1 is 0.935 bits per heavy atom. The third kappa shape index (κ3) is 6.00. The molecule has 0 fully saturated rings. The number of rotatable bonds is 7. The minimum Gasteiger partial charge on any atom is -0.396 e. The summed E-state index contributed by atoms with van der Waals surface area (Å²) in [6.45, 7) is 4.84. The van der Waals surface area contributed by atoms with Gasteiger partial charge in [-0.05, 0) is 73.8 Å². The fraction of sp³-hybridized carbons (Fsp3) is 0.231. The van der Waals surface area contributed by atoms with Gasteiger partial charge < -0.3 is 10.0 Å². The Bertz CT molecular complexity index is 1030. The number of carbonyl (C=O) groups excluding carboxylic acids is 1. The van der Waals surface area contributed by atoms with Crippen LogP contribution < -0.4 is 10.2 Å². The molecule has 0 heterocycles. The molecule has 3 aromatic carbocycles. The number of nitrogens with zero attached hydrogens (tertiary/aromatic N) is 1. The normalized spacial score (nSPS) is 10.5. The van der Waals surface area contributed by atoms with Crippen LogP contribution in [-0.2, 0) is 0 Å². The molecule has 0 saturated carbocycles. The van der Waals surface area contributed by atoms with Gasteiger partial charge >= 0.3 is 0 Å². The molecule has 5 heteroatoms. The molecule has 0 aliphatic carbocycles. The highest BCUT2D eigenvalue weighted by Crippen LogP contribution is 2.23. The average Bonchev–Trinajstić information content (AvgIpc) is 2.78. The van der Waals surface area contributed by atoms with Crippen LogP contribution >= 0.6 is 12.2 Å². The van der Waals surface area contributed by atoms with E-state index in [9.17, 15) is 4.79 Å². The fourth-order valence-electron chi connectivity index (χ4n) is 3.50. The third-order valence-corrected chi connectivity index (χ3v) is 5.48. The molecule has 160 valence electrons. The number of nitrogens with one attached hydrogen (secondary N) is 1. The van der Waals surface area contributed by atoms with E-state index < -0.39 is 0 Å². The summed E-state index contributed by atoms with van der Waals surface area (Å²) in [5, 5.41) is 12.4. The first-order valence-corrected chi connectivity index (χ1v) is 10.9. The van der Waals surface area contributed by atoms with E-state index in [2.05, 4.69) is 11.4 Å². The van der Waals surface area contributed by atoms with Crippen LogP contribution in [0.25, 0.3) is 11.1 Å². The van der Waals surface area contributed by atoms with E-state index in [0.29, 0.717) is 23.6 Å². The first-order valence-electron chi connectivity index (χ1n) is 10.5. The zero-order chi connectivity index (χ0) is 22.2. The summed E-state index contributed by atoms with van der Waals surface area (Å²) in [5.41, 5.74) is 5.94. The van der Waals surface area contributed by atoms with Crippen molar-refractivity contribution in [3.05, 3.63) is 89.5 Å². The molecule has 0 unspecified atom stereocenters. The number of unbranched alkanes of at least 4 members (excludes halogenated alkanes) is 1. The second-order valence-electron chi connectivity index (χ2n) is 7.57. The lowest BCUT2D eigenvalue weighted by molar-refractivity contribution is 0.0977. The summed E-state index contributed by atoms with van der Waals surface area (Å²) in [6, 6.07) is 23.7. The van der Waals surface area contributed by atoms with E-state index in [-0.39, 0.29) is 12.5 Å². The molecule has 3 aromatic rings. The van der Waals surface area contributed by atoms with E-state index in [4.69, 9.17) is 17.3 Å². The molecule has 4 nitrogen and oxygen atoms in total. The van der Waals surface area contributed by atoms with E-state index in [1.54, 1.807) is 0 Å². The molecule has 2 N–H and O–H groups in total. The molecular formula is C26H28N2O2S. The van der Waals surface area contributed by atoms with Crippen molar-refractivity contribution in [3.8, 4) is 11.1 Å². The number of carbonyl (C=O) groups is 1. The van der Waals surface area contributed by atoms with Crippen LogP contribution in [0.3, 0.4) is 0 Å². The summed E-state index contributed by atoms with van der Waals surface area (Å²) in [4.78, 5) is 14.8. The van der Waals surface area contributed by atoms with Crippen LogP contribution in [-0.4, -0.2) is 29.3 Å². The van der Waals surface area contributed by atoms with Crippen molar-refractivity contribution in [1.82, 2.24) is 5.32 Å². The molecule has 0 aromatic heterocycles. The number of thiocarbonyl (C=S) groups is 1. The van der Waals surface area contributed by atoms with Crippen molar-refractivity contribution in [2.75, 3.05) is 18.1 Å². The monoisotopic (exact) mass is 432 g/mol. The summed E-state index contributed by atoms with van der Waals surface area (Å²) in [7, 11) is 0. The molecule has 0 spiro atoms. The Hall–Kier alpha value is -3.02. The van der Waals surface area contributed by atoms with Crippen LogP contribution in [0.15, 0.2) is 72.8 Å². The zero-order valence-corrected chi connectivity index (χ0v) is 18.8. The number of benzene rings is 3. The molecule has 0 bridgehead atoms. The SMILES string of the molecule is Cc1ccc(N(CCCCO)C(=S)NC(=O)c2ccc(-c3ccccc3)cc2)c(C)c1. The second-order valence-corrected chi connectivity index (χ2v) is 7.96. The predicted octanol–water partition coefficient (Wildman–Crippen LogP) is 5.26. The number of anilines is 1. The number of hydrogen-bond donors (Lipinski definition) is 2. The van der Waals surface area contributed by atoms with Gasteiger partial charge in [0.2, 0.25) is 0 Å². The van der Waals surface area contributed by atoms with Crippen LogP contribution in [0.1, 0.15) is 34.3 Å². The minimum absolute atomic E-state index is 0.133. The smallest absolute Gasteiger partial charge is 0.257 e. The Morgan fingerprint density at radius 2 is 1.61 bits per heavy atom. The van der Waals surface area contributed by atoms with Crippen molar-refractivity contribution in [2.24, 2.45) is 0 Å². The maximum atomic E-state index is 12.8. The Morgan fingerprint density at radius 3 is 2.26 bits per heavy atom. The molecular weight excluding hydrogens is 404 g/mol. The van der Waals surface area contributed by atoms with Gasteiger partial charge in [-0.15, -0.1) is 0 Å². The van der Waals surface area contributed by atoms with Crippen LogP contribution in [0, 0.1) is 13.8 Å². The molecule has 0 atom stereocenters. The van der Waals surface area contributed by atoms with Gasteiger partial charge in [0.1, 0.15) is 0 Å². The second kappa shape index (κ2) is 10.8. The highest BCUT2D eigenvalue weighted by molar-refractivity contribution is 7.80. The quantitative estimate of drug-likeness (QED) is 0.395. The van der Waals surface area contributed by atoms with Crippen LogP contribution in [0.5, 0.6) is 0 Å². The largest absolute Gasteiger partial charge is 0.396 e. The van der Waals surface area contributed by atoms with Crippen molar-refractivity contribution < 1.29 is 9.90 Å². The van der Waals surface area contributed by atoms with E-state index in [1.165, 1.54) is 5.56 Å². The van der Waals surface area contributed by atoms with Gasteiger partial charge in [0.25, 0.3) is 5.91 Å². The number of hydrogen-bond acceptors (Lipinski definition) is 3. The highest BCUT2D eigenvalue weighted by atomic mass is 32.1. The van der Waals surface area contributed by atoms with Gasteiger partial charge in [0, 0.05) is 24.4 Å². The Kier molecular flexibility index (Phi) is 7.93. The van der Waals surface area contributed by atoms with Crippen molar-refractivity contribution in [1.29, 1.82) is 0 Å². The van der Waals surface area contributed by atoms with Gasteiger partial charge in [-0.2, -0.15) is 0 Å². The van der Waals surface area contributed by atoms with Crippen LogP contribution in [0.2, 0.25) is 0 Å². The van der Waals surface area contributed by atoms with E-state index >= 15 is 0 Å².